The average molecular weight is 697 g/mol. The van der Waals surface area contributed by atoms with E-state index in [0.717, 1.165) is 11.1 Å². The summed E-state index contributed by atoms with van der Waals surface area (Å²) in [5.41, 5.74) is 12.7. The zero-order valence-electron chi connectivity index (χ0n) is 27.9. The van der Waals surface area contributed by atoms with Crippen LogP contribution in [-0.4, -0.2) is 78.5 Å². The van der Waals surface area contributed by atoms with Crippen molar-refractivity contribution in [1.82, 2.24) is 10.6 Å². The molecule has 0 unspecified atom stereocenters. The number of nitrogens with one attached hydrogen (secondary N) is 2. The molecule has 0 aliphatic heterocycles. The van der Waals surface area contributed by atoms with Crippen molar-refractivity contribution in [3.8, 4) is 0 Å². The minimum atomic E-state index is -4.00. The van der Waals surface area contributed by atoms with Crippen molar-refractivity contribution in [2.24, 2.45) is 22.3 Å². The highest BCUT2D eigenvalue weighted by atomic mass is 32.2. The lowest BCUT2D eigenvalue weighted by molar-refractivity contribution is -0.123. The minimum absolute atomic E-state index is 0.133. The van der Waals surface area contributed by atoms with Gasteiger partial charge in [0, 0.05) is 13.1 Å². The minimum Gasteiger partial charge on any atom is -0.355 e. The van der Waals surface area contributed by atoms with Crippen molar-refractivity contribution >= 4 is 32.1 Å². The maximum Gasteiger partial charge on any atom is 0.267 e. The quantitative estimate of drug-likeness (QED) is 0.133. The molecule has 2 rings (SSSR count). The van der Waals surface area contributed by atoms with Crippen molar-refractivity contribution < 1.29 is 34.8 Å². The van der Waals surface area contributed by atoms with Crippen LogP contribution >= 0.6 is 0 Å². The summed E-state index contributed by atoms with van der Waals surface area (Å²) in [5, 5.41) is 5.57. The molecule has 0 heterocycles. The normalized spacial score (nSPS) is 13.9. The van der Waals surface area contributed by atoms with E-state index >= 15 is 0 Å². The lowest BCUT2D eigenvalue weighted by Crippen LogP contribution is -2.43. The van der Waals surface area contributed by atoms with E-state index in [1.54, 1.807) is 0 Å². The van der Waals surface area contributed by atoms with E-state index in [2.05, 4.69) is 10.6 Å². The predicted molar refractivity (Wildman–Crippen MR) is 183 cm³/mol. The van der Waals surface area contributed by atoms with Crippen LogP contribution in [0.4, 0.5) is 0 Å². The molecule has 2 amide bonds. The smallest absolute Gasteiger partial charge is 0.267 e. The summed E-state index contributed by atoms with van der Waals surface area (Å²) in [7, 11) is -7.99. The molecule has 0 radical (unpaired) electrons. The van der Waals surface area contributed by atoms with Gasteiger partial charge in [0.1, 0.15) is 0 Å². The molecule has 0 saturated heterocycles. The maximum absolute atomic E-state index is 12.5. The average Bonchev–Trinajstić information content (AvgIpc) is 3.00. The van der Waals surface area contributed by atoms with Gasteiger partial charge in [-0.25, -0.2) is 0 Å². The van der Waals surface area contributed by atoms with Crippen LogP contribution in [0.1, 0.15) is 58.1 Å². The number of carbonyl (C=O) groups excluding carboxylic acids is 2. The zero-order valence-corrected chi connectivity index (χ0v) is 29.6. The Bertz CT molecular complexity index is 1360. The van der Waals surface area contributed by atoms with Crippen molar-refractivity contribution in [2.45, 2.75) is 71.9 Å². The maximum atomic E-state index is 12.5. The highest BCUT2D eigenvalue weighted by Crippen LogP contribution is 2.23. The van der Waals surface area contributed by atoms with E-state index in [4.69, 9.17) is 19.8 Å². The molecule has 0 bridgehead atoms. The molecule has 0 saturated carbocycles. The monoisotopic (exact) mass is 696 g/mol. The zero-order chi connectivity index (χ0) is 35.1. The van der Waals surface area contributed by atoms with Gasteiger partial charge in [-0.2, -0.15) is 16.8 Å². The molecule has 14 heteroatoms. The first-order chi connectivity index (χ1) is 21.9. The molecule has 0 spiro atoms. The third kappa shape index (κ3) is 17.2. The second kappa shape index (κ2) is 18.6. The van der Waals surface area contributed by atoms with Crippen molar-refractivity contribution in [1.29, 1.82) is 0 Å². The molecular weight excluding hydrogens is 645 g/mol. The van der Waals surface area contributed by atoms with Crippen LogP contribution in [0.2, 0.25) is 0 Å². The van der Waals surface area contributed by atoms with Gasteiger partial charge in [0.15, 0.2) is 0 Å². The van der Waals surface area contributed by atoms with E-state index < -0.39 is 54.7 Å². The lowest BCUT2D eigenvalue weighted by Gasteiger charge is -2.25. The molecule has 2 aromatic carbocycles. The second-order valence-electron chi connectivity index (χ2n) is 13.4. The molecule has 0 aromatic heterocycles. The fourth-order valence-electron chi connectivity index (χ4n) is 4.41. The van der Waals surface area contributed by atoms with Gasteiger partial charge in [0.25, 0.3) is 20.2 Å². The standard InChI is InChI=1S/C33H52N4O8S2/c1-32(2,16-18-36-30(38)28(34)22-26-12-7-5-8-13-26)24-44-46(40,41)20-11-21-47(42,43)45-25-33(3,4)17-19-37-31(39)29(35)23-27-14-9-6-10-15-27/h5-10,12-15,28-29H,11,16-25,34-35H2,1-4H3,(H,36,38)(H,37,39)/t28-,29-/m0/s1. The number of nitrogens with two attached hydrogens (primary N) is 2. The van der Waals surface area contributed by atoms with E-state index in [1.807, 2.05) is 88.4 Å². The van der Waals surface area contributed by atoms with E-state index in [9.17, 15) is 26.4 Å². The summed E-state index contributed by atoms with van der Waals surface area (Å²) in [6.07, 6.45) is 1.49. The number of benzene rings is 2. The van der Waals surface area contributed by atoms with E-state index in [1.165, 1.54) is 0 Å². The Labute approximate surface area is 280 Å². The number of hydrogen-bond donors (Lipinski definition) is 4. The van der Waals surface area contributed by atoms with Crippen LogP contribution in [0.5, 0.6) is 0 Å². The summed E-state index contributed by atoms with van der Waals surface area (Å²) in [4.78, 5) is 24.7. The van der Waals surface area contributed by atoms with Crippen molar-refractivity contribution in [3.63, 3.8) is 0 Å². The second-order valence-corrected chi connectivity index (χ2v) is 16.9. The molecule has 0 aliphatic carbocycles. The molecule has 2 aromatic rings. The molecule has 2 atom stereocenters. The first-order valence-electron chi connectivity index (χ1n) is 15.8. The Balaban J connectivity index is 1.65. The molecular formula is C33H52N4O8S2. The first kappa shape index (κ1) is 40.3. The van der Waals surface area contributed by atoms with Gasteiger partial charge in [-0.05, 0) is 54.1 Å². The predicted octanol–water partition coefficient (Wildman–Crippen LogP) is 2.27. The van der Waals surface area contributed by atoms with Crippen LogP contribution < -0.4 is 22.1 Å². The first-order valence-corrected chi connectivity index (χ1v) is 18.9. The Morgan fingerprint density at radius 1 is 0.660 bits per heavy atom. The van der Waals surface area contributed by atoms with Gasteiger partial charge < -0.3 is 22.1 Å². The Hall–Kier alpha value is -2.88. The van der Waals surface area contributed by atoms with Crippen LogP contribution in [0, 0.1) is 10.8 Å². The summed E-state index contributed by atoms with van der Waals surface area (Å²) < 4.78 is 60.2. The topological polar surface area (TPSA) is 197 Å². The highest BCUT2D eigenvalue weighted by Gasteiger charge is 2.26. The van der Waals surface area contributed by atoms with Gasteiger partial charge in [-0.1, -0.05) is 88.4 Å². The van der Waals surface area contributed by atoms with E-state index in [0.29, 0.717) is 25.7 Å². The third-order valence-corrected chi connectivity index (χ3v) is 10.1. The number of hydrogen-bond acceptors (Lipinski definition) is 10. The molecule has 6 N–H and O–H groups in total. The summed E-state index contributed by atoms with van der Waals surface area (Å²) >= 11 is 0. The van der Waals surface area contributed by atoms with E-state index in [-0.39, 0.29) is 44.5 Å². The molecule has 0 aliphatic rings. The van der Waals surface area contributed by atoms with Gasteiger partial charge in [-0.3, -0.25) is 18.0 Å². The lowest BCUT2D eigenvalue weighted by atomic mass is 9.90. The number of rotatable bonds is 22. The van der Waals surface area contributed by atoms with Crippen LogP contribution in [-0.2, 0) is 51.0 Å². The number of amides is 2. The van der Waals surface area contributed by atoms with Gasteiger partial charge in [0.05, 0.1) is 36.8 Å². The summed E-state index contributed by atoms with van der Waals surface area (Å²) in [6.45, 7) is 7.55. The fraction of sp³-hybridized carbons (Fsp3) is 0.576. The summed E-state index contributed by atoms with van der Waals surface area (Å²) in [5.74, 6) is -1.57. The van der Waals surface area contributed by atoms with Gasteiger partial charge in [0.2, 0.25) is 11.8 Å². The van der Waals surface area contributed by atoms with Crippen LogP contribution in [0.25, 0.3) is 0 Å². The van der Waals surface area contributed by atoms with Crippen LogP contribution in [0.3, 0.4) is 0 Å². The van der Waals surface area contributed by atoms with Crippen molar-refractivity contribution in [3.05, 3.63) is 71.8 Å². The Morgan fingerprint density at radius 2 is 1.00 bits per heavy atom. The van der Waals surface area contributed by atoms with Crippen molar-refractivity contribution in [2.75, 3.05) is 37.8 Å². The summed E-state index contributed by atoms with van der Waals surface area (Å²) in [6, 6.07) is 17.5. The SMILES string of the molecule is CC(C)(CCNC(=O)[C@@H](N)Cc1ccccc1)COS(=O)(=O)CCCS(=O)(=O)OCC(C)(C)CCNC(=O)[C@@H](N)Cc1ccccc1. The molecule has 264 valence electrons. The Morgan fingerprint density at radius 3 is 1.34 bits per heavy atom. The Kier molecular flexibility index (Phi) is 16.0. The molecule has 0 fully saturated rings. The largest absolute Gasteiger partial charge is 0.355 e. The van der Waals surface area contributed by atoms with Crippen LogP contribution in [0.15, 0.2) is 60.7 Å². The molecule has 47 heavy (non-hydrogen) atoms. The highest BCUT2D eigenvalue weighted by molar-refractivity contribution is 7.87. The third-order valence-electron chi connectivity index (χ3n) is 7.52. The molecule has 12 nitrogen and oxygen atoms in total. The van der Waals surface area contributed by atoms with Gasteiger partial charge >= 0.3 is 0 Å². The van der Waals surface area contributed by atoms with Gasteiger partial charge in [-0.15, -0.1) is 0 Å². The fourth-order valence-corrected chi connectivity index (χ4v) is 6.82. The number of carbonyl (C=O) groups is 2.